The van der Waals surface area contributed by atoms with E-state index < -0.39 is 17.6 Å². The van der Waals surface area contributed by atoms with Gasteiger partial charge in [0.05, 0.1) is 23.1 Å². The average molecular weight is 522 g/mol. The maximum atomic E-state index is 13.1. The Morgan fingerprint density at radius 3 is 2.53 bits per heavy atom. The second kappa shape index (κ2) is 9.62. The van der Waals surface area contributed by atoms with E-state index in [0.717, 1.165) is 44.6 Å². The van der Waals surface area contributed by atoms with Crippen molar-refractivity contribution in [1.82, 2.24) is 24.3 Å². The Bertz CT molecular complexity index is 1400. The molecule has 0 saturated carbocycles. The van der Waals surface area contributed by atoms with E-state index in [0.29, 0.717) is 24.0 Å². The second-order valence-corrected chi connectivity index (χ2v) is 11.8. The van der Waals surface area contributed by atoms with Gasteiger partial charge >= 0.3 is 11.8 Å². The maximum absolute atomic E-state index is 13.1. The molecule has 3 aliphatic heterocycles. The number of carbonyl (C=O) groups is 3. The Hall–Kier alpha value is -3.58. The third kappa shape index (κ3) is 4.95. The van der Waals surface area contributed by atoms with Crippen molar-refractivity contribution in [3.63, 3.8) is 0 Å². The molecule has 0 aliphatic carbocycles. The van der Waals surface area contributed by atoms with Gasteiger partial charge in [0.1, 0.15) is 11.6 Å². The van der Waals surface area contributed by atoms with Crippen LogP contribution in [0.4, 0.5) is 4.79 Å². The van der Waals surface area contributed by atoms with E-state index in [4.69, 9.17) is 4.74 Å². The van der Waals surface area contributed by atoms with Crippen LogP contribution in [0.2, 0.25) is 0 Å². The molecule has 1 spiro atoms. The van der Waals surface area contributed by atoms with Crippen molar-refractivity contribution in [2.45, 2.75) is 58.1 Å². The molecule has 3 aliphatic rings. The smallest absolute Gasteiger partial charge is 0.410 e. The summed E-state index contributed by atoms with van der Waals surface area (Å²) in [5.74, 6) is 5.75. The number of piperidine rings is 2. The molecule has 1 N–H and O–H groups in total. The molecule has 38 heavy (non-hydrogen) atoms. The van der Waals surface area contributed by atoms with Crippen LogP contribution in [-0.2, 0) is 21.4 Å². The number of fused-ring (bicyclic) bond motifs is 1. The predicted octanol–water partition coefficient (Wildman–Crippen LogP) is 2.00. The number of imidazole rings is 1. The first-order valence-electron chi connectivity index (χ1n) is 13.2. The summed E-state index contributed by atoms with van der Waals surface area (Å²) < 4.78 is 8.49. The first-order valence-corrected chi connectivity index (χ1v) is 13.2. The SMILES string of the molecule is Cn1c(=O)n(C2CCC(=O)NC2=O)c2cccc(C#CCN3CCC4(CC3)CN(C(=O)OC(C)(C)C)C4)c21. The molecular weight excluding hydrogens is 486 g/mol. The van der Waals surface area contributed by atoms with Crippen molar-refractivity contribution in [2.75, 3.05) is 32.7 Å². The lowest BCUT2D eigenvalue weighted by atomic mass is 9.72. The van der Waals surface area contributed by atoms with E-state index in [1.165, 1.54) is 9.13 Å². The van der Waals surface area contributed by atoms with Crippen LogP contribution in [0, 0.1) is 17.3 Å². The van der Waals surface area contributed by atoms with E-state index in [2.05, 4.69) is 22.1 Å². The first kappa shape index (κ1) is 26.0. The van der Waals surface area contributed by atoms with E-state index in [9.17, 15) is 19.2 Å². The Kier molecular flexibility index (Phi) is 6.59. The van der Waals surface area contributed by atoms with Gasteiger partial charge in [0, 0.05) is 32.0 Å². The van der Waals surface area contributed by atoms with Gasteiger partial charge in [-0.15, -0.1) is 0 Å². The van der Waals surface area contributed by atoms with E-state index >= 15 is 0 Å². The van der Waals surface area contributed by atoms with Crippen LogP contribution in [0.15, 0.2) is 23.0 Å². The Morgan fingerprint density at radius 1 is 1.16 bits per heavy atom. The fraction of sp³-hybridized carbons (Fsp3) is 0.571. The standard InChI is InChI=1S/C28H35N5O5/c1-27(2,3)38-26(37)32-17-28(18-32)12-15-31(16-13-28)14-6-8-19-7-5-9-20-23(19)30(4)25(36)33(20)21-10-11-22(34)29-24(21)35/h5,7,9,21H,10-18H2,1-4H3,(H,29,34,35). The lowest BCUT2D eigenvalue weighted by Crippen LogP contribution is -2.62. The predicted molar refractivity (Wildman–Crippen MR) is 141 cm³/mol. The third-order valence-electron chi connectivity index (χ3n) is 7.77. The van der Waals surface area contributed by atoms with Crippen molar-refractivity contribution in [3.05, 3.63) is 34.2 Å². The van der Waals surface area contributed by atoms with Gasteiger partial charge in [-0.05, 0) is 65.3 Å². The molecule has 3 fully saturated rings. The molecule has 1 aromatic carbocycles. The van der Waals surface area contributed by atoms with Crippen LogP contribution in [0.25, 0.3) is 11.0 Å². The lowest BCUT2D eigenvalue weighted by molar-refractivity contribution is -0.135. The quantitative estimate of drug-likeness (QED) is 0.479. The fourth-order valence-corrected chi connectivity index (χ4v) is 5.74. The highest BCUT2D eigenvalue weighted by Crippen LogP contribution is 2.40. The number of nitrogens with zero attached hydrogens (tertiary/aromatic N) is 4. The Balaban J connectivity index is 1.23. The van der Waals surface area contributed by atoms with Crippen molar-refractivity contribution >= 4 is 28.9 Å². The number of rotatable bonds is 2. The number of amides is 3. The zero-order chi connectivity index (χ0) is 27.2. The summed E-state index contributed by atoms with van der Waals surface area (Å²) in [7, 11) is 1.68. The van der Waals surface area contributed by atoms with Gasteiger partial charge in [-0.2, -0.15) is 0 Å². The molecule has 3 saturated heterocycles. The summed E-state index contributed by atoms with van der Waals surface area (Å²) in [5.41, 5.74) is 1.46. The normalized spacial score (nSPS) is 21.6. The van der Waals surface area contributed by atoms with Crippen LogP contribution < -0.4 is 11.0 Å². The van der Waals surface area contributed by atoms with Crippen molar-refractivity contribution in [1.29, 1.82) is 0 Å². The van der Waals surface area contributed by atoms with Crippen LogP contribution in [0.5, 0.6) is 0 Å². The number of ether oxygens (including phenoxy) is 1. The summed E-state index contributed by atoms with van der Waals surface area (Å²) in [4.78, 5) is 53.5. The average Bonchev–Trinajstić information content (AvgIpc) is 3.08. The topological polar surface area (TPSA) is 106 Å². The number of benzene rings is 1. The van der Waals surface area contributed by atoms with Gasteiger partial charge < -0.3 is 9.64 Å². The van der Waals surface area contributed by atoms with E-state index in [1.807, 2.05) is 39.0 Å². The second-order valence-electron chi connectivity index (χ2n) is 11.8. The summed E-state index contributed by atoms with van der Waals surface area (Å²) in [6.07, 6.45) is 2.31. The maximum Gasteiger partial charge on any atom is 0.410 e. The summed E-state index contributed by atoms with van der Waals surface area (Å²) >= 11 is 0. The molecule has 1 atom stereocenters. The highest BCUT2D eigenvalue weighted by atomic mass is 16.6. The molecule has 4 heterocycles. The zero-order valence-corrected chi connectivity index (χ0v) is 22.5. The van der Waals surface area contributed by atoms with Gasteiger partial charge in [0.2, 0.25) is 11.8 Å². The number of nitrogens with one attached hydrogen (secondary N) is 1. The van der Waals surface area contributed by atoms with Crippen molar-refractivity contribution < 1.29 is 19.1 Å². The highest BCUT2D eigenvalue weighted by molar-refractivity contribution is 6.00. The monoisotopic (exact) mass is 521 g/mol. The van der Waals surface area contributed by atoms with Gasteiger partial charge in [-0.3, -0.25) is 28.9 Å². The minimum atomic E-state index is -0.717. The largest absolute Gasteiger partial charge is 0.444 e. The van der Waals surface area contributed by atoms with Crippen LogP contribution in [-0.4, -0.2) is 75.2 Å². The molecular formula is C28H35N5O5. The van der Waals surface area contributed by atoms with Crippen molar-refractivity contribution in [2.24, 2.45) is 12.5 Å². The lowest BCUT2D eigenvalue weighted by Gasteiger charge is -2.53. The van der Waals surface area contributed by atoms with Gasteiger partial charge in [-0.25, -0.2) is 9.59 Å². The minimum absolute atomic E-state index is 0.184. The molecule has 10 nitrogen and oxygen atoms in total. The number of aromatic nitrogens is 2. The number of imide groups is 1. The Morgan fingerprint density at radius 2 is 1.87 bits per heavy atom. The highest BCUT2D eigenvalue weighted by Gasteiger charge is 2.47. The molecule has 1 unspecified atom stereocenters. The number of likely N-dealkylation sites (tertiary alicyclic amines) is 2. The molecule has 202 valence electrons. The van der Waals surface area contributed by atoms with E-state index in [-0.39, 0.29) is 29.5 Å². The first-order chi connectivity index (χ1) is 18.0. The summed E-state index contributed by atoms with van der Waals surface area (Å²) in [6.45, 7) is 9.61. The third-order valence-corrected chi connectivity index (χ3v) is 7.77. The number of para-hydroxylation sites is 1. The van der Waals surface area contributed by atoms with Gasteiger partial charge in [-0.1, -0.05) is 17.9 Å². The molecule has 1 aromatic heterocycles. The van der Waals surface area contributed by atoms with Gasteiger partial charge in [0.15, 0.2) is 0 Å². The minimum Gasteiger partial charge on any atom is -0.444 e. The van der Waals surface area contributed by atoms with Crippen LogP contribution in [0.3, 0.4) is 0 Å². The molecule has 3 amide bonds. The molecule has 2 aromatic rings. The summed E-state index contributed by atoms with van der Waals surface area (Å²) in [5, 5.41) is 2.34. The number of hydrogen-bond donors (Lipinski definition) is 1. The van der Waals surface area contributed by atoms with Crippen LogP contribution >= 0.6 is 0 Å². The van der Waals surface area contributed by atoms with Crippen molar-refractivity contribution in [3.8, 4) is 11.8 Å². The van der Waals surface area contributed by atoms with E-state index in [1.54, 1.807) is 11.9 Å². The van der Waals surface area contributed by atoms with Gasteiger partial charge in [0.25, 0.3) is 0 Å². The fourth-order valence-electron chi connectivity index (χ4n) is 5.74. The van der Waals surface area contributed by atoms with Crippen LogP contribution in [0.1, 0.15) is 58.1 Å². The number of hydrogen-bond acceptors (Lipinski definition) is 6. The summed E-state index contributed by atoms with van der Waals surface area (Å²) in [6, 6.07) is 4.82. The molecule has 0 bridgehead atoms. The molecule has 10 heteroatoms. The molecule has 0 radical (unpaired) electrons. The number of carbonyl (C=O) groups excluding carboxylic acids is 3. The number of aryl methyl sites for hydroxylation is 1. The molecule has 5 rings (SSSR count). The Labute approximate surface area is 221 Å². The zero-order valence-electron chi connectivity index (χ0n) is 22.5.